The normalized spacial score (nSPS) is 42.2. The van der Waals surface area contributed by atoms with Crippen LogP contribution in [0.25, 0.3) is 0 Å². The van der Waals surface area contributed by atoms with E-state index in [0.717, 1.165) is 32.1 Å². The monoisotopic (exact) mass is 186 g/mol. The summed E-state index contributed by atoms with van der Waals surface area (Å²) in [6.07, 6.45) is 4.49. The van der Waals surface area contributed by atoms with Gasteiger partial charge in [0, 0.05) is 0 Å². The lowest BCUT2D eigenvalue weighted by molar-refractivity contribution is -0.149. The lowest BCUT2D eigenvalue weighted by Gasteiger charge is -2.40. The van der Waals surface area contributed by atoms with Gasteiger partial charge in [-0.2, -0.15) is 0 Å². The van der Waals surface area contributed by atoms with Crippen LogP contribution in [0.3, 0.4) is 0 Å². The molecular formula is C11H22O2. The van der Waals surface area contributed by atoms with Crippen molar-refractivity contribution in [3.63, 3.8) is 0 Å². The summed E-state index contributed by atoms with van der Waals surface area (Å²) >= 11 is 0. The Morgan fingerprint density at radius 3 is 2.31 bits per heavy atom. The average molecular weight is 186 g/mol. The molecule has 1 saturated carbocycles. The number of rotatable bonds is 3. The zero-order valence-electron chi connectivity index (χ0n) is 9.01. The predicted molar refractivity (Wildman–Crippen MR) is 53.5 cm³/mol. The molecule has 1 fully saturated rings. The minimum atomic E-state index is -0.873. The van der Waals surface area contributed by atoms with Crippen LogP contribution in [0.2, 0.25) is 0 Å². The van der Waals surface area contributed by atoms with Crippen molar-refractivity contribution in [2.45, 2.75) is 64.1 Å². The van der Waals surface area contributed by atoms with Crippen molar-refractivity contribution < 1.29 is 10.2 Å². The van der Waals surface area contributed by atoms with Crippen LogP contribution in [0.15, 0.2) is 0 Å². The first-order valence-electron chi connectivity index (χ1n) is 5.39. The van der Waals surface area contributed by atoms with E-state index < -0.39 is 11.2 Å². The average Bonchev–Trinajstić information content (AvgIpc) is 2.28. The maximum Gasteiger partial charge on any atom is 0.0955 e. The molecule has 0 radical (unpaired) electrons. The molecule has 0 heterocycles. The molecule has 1 aliphatic carbocycles. The highest BCUT2D eigenvalue weighted by Crippen LogP contribution is 2.45. The van der Waals surface area contributed by atoms with Gasteiger partial charge in [0.1, 0.15) is 0 Å². The van der Waals surface area contributed by atoms with Crippen molar-refractivity contribution in [2.24, 2.45) is 5.92 Å². The van der Waals surface area contributed by atoms with E-state index >= 15 is 0 Å². The predicted octanol–water partition coefficient (Wildman–Crippen LogP) is 2.09. The molecule has 0 aromatic rings. The van der Waals surface area contributed by atoms with Crippen LogP contribution < -0.4 is 0 Å². The van der Waals surface area contributed by atoms with Gasteiger partial charge in [0.15, 0.2) is 0 Å². The van der Waals surface area contributed by atoms with E-state index in [1.807, 2.05) is 6.92 Å². The third-order valence-corrected chi connectivity index (χ3v) is 3.69. The first kappa shape index (κ1) is 11.0. The summed E-state index contributed by atoms with van der Waals surface area (Å²) in [5.41, 5.74) is -1.72. The van der Waals surface area contributed by atoms with Gasteiger partial charge in [0.2, 0.25) is 0 Å². The smallest absolute Gasteiger partial charge is 0.0955 e. The topological polar surface area (TPSA) is 40.5 Å². The fraction of sp³-hybridized carbons (Fsp3) is 1.00. The molecule has 13 heavy (non-hydrogen) atoms. The summed E-state index contributed by atoms with van der Waals surface area (Å²) in [5.74, 6) is 0.204. The highest BCUT2D eigenvalue weighted by Gasteiger charge is 2.52. The maximum absolute atomic E-state index is 10.4. The Morgan fingerprint density at radius 2 is 1.92 bits per heavy atom. The molecular weight excluding hydrogens is 164 g/mol. The Morgan fingerprint density at radius 1 is 1.31 bits per heavy atom. The summed E-state index contributed by atoms with van der Waals surface area (Å²) in [4.78, 5) is 0. The van der Waals surface area contributed by atoms with Gasteiger partial charge in [-0.05, 0) is 38.5 Å². The van der Waals surface area contributed by atoms with Crippen LogP contribution >= 0.6 is 0 Å². The molecule has 0 amide bonds. The Balaban J connectivity index is 2.74. The second kappa shape index (κ2) is 3.58. The Labute approximate surface area is 81.0 Å². The van der Waals surface area contributed by atoms with E-state index in [1.54, 1.807) is 6.92 Å². The Hall–Kier alpha value is -0.0800. The van der Waals surface area contributed by atoms with Gasteiger partial charge in [0.25, 0.3) is 0 Å². The summed E-state index contributed by atoms with van der Waals surface area (Å²) in [6, 6.07) is 0. The van der Waals surface area contributed by atoms with Crippen LogP contribution in [0, 0.1) is 5.92 Å². The van der Waals surface area contributed by atoms with Crippen LogP contribution in [0.1, 0.15) is 52.9 Å². The van der Waals surface area contributed by atoms with E-state index in [0.29, 0.717) is 0 Å². The number of aliphatic hydroxyl groups is 2. The van der Waals surface area contributed by atoms with Gasteiger partial charge in [-0.15, -0.1) is 0 Å². The van der Waals surface area contributed by atoms with Gasteiger partial charge < -0.3 is 10.2 Å². The maximum atomic E-state index is 10.4. The summed E-state index contributed by atoms with van der Waals surface area (Å²) in [6.45, 7) is 5.93. The highest BCUT2D eigenvalue weighted by molar-refractivity contribution is 5.04. The van der Waals surface area contributed by atoms with E-state index in [9.17, 15) is 10.2 Å². The quantitative estimate of drug-likeness (QED) is 0.708. The second-order valence-electron chi connectivity index (χ2n) is 4.74. The first-order valence-corrected chi connectivity index (χ1v) is 5.39. The molecule has 0 spiro atoms. The SMILES string of the molecule is CCCC(C)C1(O)CCCC1(C)O. The van der Waals surface area contributed by atoms with Gasteiger partial charge in [-0.3, -0.25) is 0 Å². The molecule has 1 aliphatic rings. The van der Waals surface area contributed by atoms with E-state index in [1.165, 1.54) is 0 Å². The van der Waals surface area contributed by atoms with Gasteiger partial charge in [0.05, 0.1) is 11.2 Å². The molecule has 78 valence electrons. The Bertz CT molecular complexity index is 177. The molecule has 2 N–H and O–H groups in total. The van der Waals surface area contributed by atoms with Gasteiger partial charge in [-0.1, -0.05) is 20.3 Å². The van der Waals surface area contributed by atoms with Crippen molar-refractivity contribution in [2.75, 3.05) is 0 Å². The first-order chi connectivity index (χ1) is 5.94. The fourth-order valence-electron chi connectivity index (χ4n) is 2.64. The molecule has 3 unspecified atom stereocenters. The van der Waals surface area contributed by atoms with Crippen LogP contribution in [0.4, 0.5) is 0 Å². The Kier molecular flexibility index (Phi) is 3.03. The molecule has 2 nitrogen and oxygen atoms in total. The standard InChI is InChI=1S/C11H22O2/c1-4-6-9(2)11(13)8-5-7-10(11,3)12/h9,12-13H,4-8H2,1-3H3. The van der Waals surface area contributed by atoms with Crippen molar-refractivity contribution in [1.29, 1.82) is 0 Å². The zero-order chi connectivity index (χ0) is 10.1. The van der Waals surface area contributed by atoms with E-state index in [-0.39, 0.29) is 5.92 Å². The lowest BCUT2D eigenvalue weighted by Crippen LogP contribution is -2.52. The highest BCUT2D eigenvalue weighted by atomic mass is 16.4. The second-order valence-corrected chi connectivity index (χ2v) is 4.74. The molecule has 0 aromatic carbocycles. The molecule has 2 heteroatoms. The van der Waals surface area contributed by atoms with Crippen LogP contribution in [0.5, 0.6) is 0 Å². The van der Waals surface area contributed by atoms with E-state index in [2.05, 4.69) is 6.92 Å². The molecule has 0 aromatic heterocycles. The molecule has 0 saturated heterocycles. The minimum Gasteiger partial charge on any atom is -0.387 e. The minimum absolute atomic E-state index is 0.204. The fourth-order valence-corrected chi connectivity index (χ4v) is 2.64. The molecule has 1 rings (SSSR count). The van der Waals surface area contributed by atoms with Crippen LogP contribution in [-0.4, -0.2) is 21.4 Å². The summed E-state index contributed by atoms with van der Waals surface area (Å²) in [5, 5.41) is 20.4. The van der Waals surface area contributed by atoms with E-state index in [4.69, 9.17) is 0 Å². The van der Waals surface area contributed by atoms with Crippen LogP contribution in [-0.2, 0) is 0 Å². The van der Waals surface area contributed by atoms with Crippen molar-refractivity contribution in [3.05, 3.63) is 0 Å². The largest absolute Gasteiger partial charge is 0.387 e. The van der Waals surface area contributed by atoms with Gasteiger partial charge >= 0.3 is 0 Å². The van der Waals surface area contributed by atoms with Gasteiger partial charge in [-0.25, -0.2) is 0 Å². The third-order valence-electron chi connectivity index (χ3n) is 3.69. The number of hydrogen-bond donors (Lipinski definition) is 2. The molecule has 0 aliphatic heterocycles. The van der Waals surface area contributed by atoms with Crippen molar-refractivity contribution in [1.82, 2.24) is 0 Å². The molecule has 0 bridgehead atoms. The zero-order valence-corrected chi connectivity index (χ0v) is 9.01. The van der Waals surface area contributed by atoms with Crippen molar-refractivity contribution >= 4 is 0 Å². The summed E-state index contributed by atoms with van der Waals surface area (Å²) < 4.78 is 0. The number of hydrogen-bond acceptors (Lipinski definition) is 2. The third kappa shape index (κ3) is 1.75. The lowest BCUT2D eigenvalue weighted by atomic mass is 9.76. The summed E-state index contributed by atoms with van der Waals surface area (Å²) in [7, 11) is 0. The molecule has 3 atom stereocenters. The van der Waals surface area contributed by atoms with Crippen molar-refractivity contribution in [3.8, 4) is 0 Å².